The van der Waals surface area contributed by atoms with Gasteiger partial charge in [0, 0.05) is 23.3 Å². The standard InChI is InChI=1S/C11H17NOS/c1-9(12)10-3-5-11(6-4-10)14-8-2-7-13/h3-6,9,13H,2,7-8,12H2,1H3/t9-/m1/s1. The van der Waals surface area contributed by atoms with Crippen molar-refractivity contribution in [2.24, 2.45) is 5.73 Å². The summed E-state index contributed by atoms with van der Waals surface area (Å²) in [4.78, 5) is 1.24. The van der Waals surface area contributed by atoms with Crippen molar-refractivity contribution < 1.29 is 5.11 Å². The van der Waals surface area contributed by atoms with E-state index in [1.807, 2.05) is 6.92 Å². The number of thioether (sulfide) groups is 1. The van der Waals surface area contributed by atoms with E-state index in [0.29, 0.717) is 0 Å². The highest BCUT2D eigenvalue weighted by Crippen LogP contribution is 2.20. The van der Waals surface area contributed by atoms with Crippen molar-refractivity contribution in [3.05, 3.63) is 29.8 Å². The van der Waals surface area contributed by atoms with Gasteiger partial charge in [-0.25, -0.2) is 0 Å². The second kappa shape index (κ2) is 6.06. The zero-order valence-corrected chi connectivity index (χ0v) is 9.26. The van der Waals surface area contributed by atoms with Gasteiger partial charge >= 0.3 is 0 Å². The van der Waals surface area contributed by atoms with Crippen molar-refractivity contribution in [1.29, 1.82) is 0 Å². The Hall–Kier alpha value is -0.510. The summed E-state index contributed by atoms with van der Waals surface area (Å²) in [6.07, 6.45) is 0.847. The van der Waals surface area contributed by atoms with E-state index >= 15 is 0 Å². The van der Waals surface area contributed by atoms with E-state index in [-0.39, 0.29) is 12.6 Å². The van der Waals surface area contributed by atoms with Gasteiger partial charge < -0.3 is 10.8 Å². The molecule has 1 rings (SSSR count). The smallest absolute Gasteiger partial charge is 0.0439 e. The van der Waals surface area contributed by atoms with Crippen molar-refractivity contribution in [2.75, 3.05) is 12.4 Å². The maximum atomic E-state index is 8.63. The summed E-state index contributed by atoms with van der Waals surface area (Å²) in [6.45, 7) is 2.25. The summed E-state index contributed by atoms with van der Waals surface area (Å²) in [5.41, 5.74) is 6.91. The lowest BCUT2D eigenvalue weighted by molar-refractivity contribution is 0.296. The minimum atomic E-state index is 0.103. The van der Waals surface area contributed by atoms with E-state index in [4.69, 9.17) is 10.8 Å². The molecule has 0 aliphatic carbocycles. The molecule has 0 unspecified atom stereocenters. The van der Waals surface area contributed by atoms with Crippen LogP contribution in [0.3, 0.4) is 0 Å². The van der Waals surface area contributed by atoms with Gasteiger partial charge in [0.2, 0.25) is 0 Å². The zero-order valence-electron chi connectivity index (χ0n) is 8.44. The molecular weight excluding hydrogens is 194 g/mol. The van der Waals surface area contributed by atoms with Crippen molar-refractivity contribution in [2.45, 2.75) is 24.3 Å². The monoisotopic (exact) mass is 211 g/mol. The predicted molar refractivity (Wildman–Crippen MR) is 61.5 cm³/mol. The van der Waals surface area contributed by atoms with Crippen molar-refractivity contribution in [1.82, 2.24) is 0 Å². The molecule has 2 nitrogen and oxygen atoms in total. The van der Waals surface area contributed by atoms with Crippen molar-refractivity contribution in [3.8, 4) is 0 Å². The summed E-state index contributed by atoms with van der Waals surface area (Å²) in [7, 11) is 0. The van der Waals surface area contributed by atoms with Gasteiger partial charge in [-0.1, -0.05) is 12.1 Å². The molecule has 0 fully saturated rings. The molecule has 1 atom stereocenters. The second-order valence-electron chi connectivity index (χ2n) is 3.28. The van der Waals surface area contributed by atoms with Gasteiger partial charge in [-0.05, 0) is 31.0 Å². The molecule has 1 aromatic carbocycles. The molecule has 0 saturated carbocycles. The van der Waals surface area contributed by atoms with Crippen LogP contribution in [-0.2, 0) is 0 Å². The van der Waals surface area contributed by atoms with Gasteiger partial charge in [0.15, 0.2) is 0 Å². The summed E-state index contributed by atoms with van der Waals surface area (Å²) in [5, 5.41) is 8.63. The normalized spacial score (nSPS) is 12.8. The average Bonchev–Trinajstić information content (AvgIpc) is 2.19. The third-order valence-electron chi connectivity index (χ3n) is 1.98. The van der Waals surface area contributed by atoms with E-state index in [1.165, 1.54) is 4.90 Å². The molecule has 0 aliphatic rings. The van der Waals surface area contributed by atoms with Crippen LogP contribution in [0.5, 0.6) is 0 Å². The summed E-state index contributed by atoms with van der Waals surface area (Å²) >= 11 is 1.76. The van der Waals surface area contributed by atoms with E-state index in [2.05, 4.69) is 24.3 Å². The summed E-state index contributed by atoms with van der Waals surface area (Å²) in [6, 6.07) is 8.39. The number of rotatable bonds is 5. The maximum absolute atomic E-state index is 8.63. The maximum Gasteiger partial charge on any atom is 0.0439 e. The van der Waals surface area contributed by atoms with Gasteiger partial charge in [-0.15, -0.1) is 11.8 Å². The molecule has 0 radical (unpaired) electrons. The first-order chi connectivity index (χ1) is 6.74. The van der Waals surface area contributed by atoms with Gasteiger partial charge in [0.25, 0.3) is 0 Å². The first kappa shape index (κ1) is 11.6. The molecule has 0 spiro atoms. The number of benzene rings is 1. The Bertz CT molecular complexity index is 258. The Morgan fingerprint density at radius 1 is 1.36 bits per heavy atom. The van der Waals surface area contributed by atoms with Crippen molar-refractivity contribution >= 4 is 11.8 Å². The number of hydrogen-bond donors (Lipinski definition) is 2. The Kier molecular flexibility index (Phi) is 5.01. The Morgan fingerprint density at radius 3 is 2.50 bits per heavy atom. The van der Waals surface area contributed by atoms with Gasteiger partial charge in [0.1, 0.15) is 0 Å². The van der Waals surface area contributed by atoms with Crippen LogP contribution < -0.4 is 5.73 Å². The first-order valence-electron chi connectivity index (χ1n) is 4.83. The van der Waals surface area contributed by atoms with Crippen LogP contribution in [0, 0.1) is 0 Å². The molecule has 3 N–H and O–H groups in total. The second-order valence-corrected chi connectivity index (χ2v) is 4.45. The number of hydrogen-bond acceptors (Lipinski definition) is 3. The Balaban J connectivity index is 2.47. The lowest BCUT2D eigenvalue weighted by Gasteiger charge is -2.06. The first-order valence-corrected chi connectivity index (χ1v) is 5.82. The topological polar surface area (TPSA) is 46.2 Å². The Labute approximate surface area is 89.5 Å². The lowest BCUT2D eigenvalue weighted by Crippen LogP contribution is -2.04. The Morgan fingerprint density at radius 2 is 2.00 bits per heavy atom. The number of aliphatic hydroxyl groups is 1. The van der Waals surface area contributed by atoms with Crippen LogP contribution in [0.25, 0.3) is 0 Å². The van der Waals surface area contributed by atoms with E-state index in [9.17, 15) is 0 Å². The molecule has 14 heavy (non-hydrogen) atoms. The highest BCUT2D eigenvalue weighted by molar-refractivity contribution is 7.99. The predicted octanol–water partition coefficient (Wildman–Crippen LogP) is 2.18. The molecule has 0 aliphatic heterocycles. The van der Waals surface area contributed by atoms with Crippen LogP contribution in [0.4, 0.5) is 0 Å². The minimum absolute atomic E-state index is 0.103. The fourth-order valence-electron chi connectivity index (χ4n) is 1.12. The van der Waals surface area contributed by atoms with E-state index in [1.54, 1.807) is 11.8 Å². The van der Waals surface area contributed by atoms with Crippen LogP contribution in [0.2, 0.25) is 0 Å². The third kappa shape index (κ3) is 3.70. The molecule has 78 valence electrons. The van der Waals surface area contributed by atoms with Crippen LogP contribution in [0.1, 0.15) is 24.9 Å². The minimum Gasteiger partial charge on any atom is -0.396 e. The van der Waals surface area contributed by atoms with Gasteiger partial charge in [-0.2, -0.15) is 0 Å². The van der Waals surface area contributed by atoms with Gasteiger partial charge in [0.05, 0.1) is 0 Å². The zero-order chi connectivity index (χ0) is 10.4. The molecule has 0 heterocycles. The number of nitrogens with two attached hydrogens (primary N) is 1. The fourth-order valence-corrected chi connectivity index (χ4v) is 1.96. The molecular formula is C11H17NOS. The quantitative estimate of drug-likeness (QED) is 0.579. The van der Waals surface area contributed by atoms with Crippen molar-refractivity contribution in [3.63, 3.8) is 0 Å². The van der Waals surface area contributed by atoms with Crippen LogP contribution >= 0.6 is 11.8 Å². The SMILES string of the molecule is C[C@@H](N)c1ccc(SCCCO)cc1. The average molecular weight is 211 g/mol. The van der Waals surface area contributed by atoms with E-state index < -0.39 is 0 Å². The van der Waals surface area contributed by atoms with E-state index in [0.717, 1.165) is 17.7 Å². The molecule has 0 saturated heterocycles. The van der Waals surface area contributed by atoms with Gasteiger partial charge in [-0.3, -0.25) is 0 Å². The number of aliphatic hydroxyl groups excluding tert-OH is 1. The molecule has 0 amide bonds. The molecule has 0 bridgehead atoms. The van der Waals surface area contributed by atoms with Crippen LogP contribution in [0.15, 0.2) is 29.2 Å². The highest BCUT2D eigenvalue weighted by Gasteiger charge is 1.99. The third-order valence-corrected chi connectivity index (χ3v) is 3.08. The molecule has 1 aromatic rings. The largest absolute Gasteiger partial charge is 0.396 e. The summed E-state index contributed by atoms with van der Waals surface area (Å²) in [5.74, 6) is 0.966. The lowest BCUT2D eigenvalue weighted by atomic mass is 10.1. The highest BCUT2D eigenvalue weighted by atomic mass is 32.2. The fraction of sp³-hybridized carbons (Fsp3) is 0.455. The summed E-state index contributed by atoms with van der Waals surface area (Å²) < 4.78 is 0. The molecule has 3 heteroatoms. The van der Waals surface area contributed by atoms with Crippen LogP contribution in [-0.4, -0.2) is 17.5 Å². The molecule has 0 aromatic heterocycles.